The SMILES string of the molecule is Cc1ccc(-c2noc(C(C)Sc3nnc(CN4CCCCC4)n3-c3ccc(F)cc3)n2)cc1F. The van der Waals surface area contributed by atoms with E-state index in [1.54, 1.807) is 31.2 Å². The molecule has 2 aromatic heterocycles. The van der Waals surface area contributed by atoms with E-state index in [9.17, 15) is 8.78 Å². The summed E-state index contributed by atoms with van der Waals surface area (Å²) in [6.45, 7) is 6.37. The lowest BCUT2D eigenvalue weighted by atomic mass is 10.1. The van der Waals surface area contributed by atoms with Crippen LogP contribution in [-0.2, 0) is 6.54 Å². The summed E-state index contributed by atoms with van der Waals surface area (Å²) >= 11 is 1.43. The number of halogens is 2. The lowest BCUT2D eigenvalue weighted by Crippen LogP contribution is -2.30. The van der Waals surface area contributed by atoms with Crippen LogP contribution in [0.1, 0.15) is 48.7 Å². The Morgan fingerprint density at radius 3 is 2.54 bits per heavy atom. The van der Waals surface area contributed by atoms with Crippen molar-refractivity contribution in [3.63, 3.8) is 0 Å². The summed E-state index contributed by atoms with van der Waals surface area (Å²) in [6, 6.07) is 11.2. The Balaban J connectivity index is 1.40. The second-order valence-electron chi connectivity index (χ2n) is 8.73. The maximum Gasteiger partial charge on any atom is 0.240 e. The van der Waals surface area contributed by atoms with Gasteiger partial charge in [0.1, 0.15) is 11.6 Å². The molecule has 0 radical (unpaired) electrons. The number of aromatic nitrogens is 5. The molecule has 1 fully saturated rings. The van der Waals surface area contributed by atoms with Crippen LogP contribution in [-0.4, -0.2) is 42.9 Å². The molecule has 0 aliphatic carbocycles. The van der Waals surface area contributed by atoms with E-state index in [4.69, 9.17) is 4.52 Å². The van der Waals surface area contributed by atoms with Crippen LogP contribution in [0.4, 0.5) is 8.78 Å². The third-order valence-electron chi connectivity index (χ3n) is 6.10. The smallest absolute Gasteiger partial charge is 0.240 e. The predicted octanol–water partition coefficient (Wildman–Crippen LogP) is 5.74. The van der Waals surface area contributed by atoms with Gasteiger partial charge in [0.15, 0.2) is 11.0 Å². The first-order valence-electron chi connectivity index (χ1n) is 11.7. The average molecular weight is 497 g/mol. The van der Waals surface area contributed by atoms with Gasteiger partial charge in [-0.3, -0.25) is 9.47 Å². The first kappa shape index (κ1) is 23.6. The van der Waals surface area contributed by atoms with E-state index in [0.717, 1.165) is 24.6 Å². The average Bonchev–Trinajstić information content (AvgIpc) is 3.50. The zero-order valence-corrected chi connectivity index (χ0v) is 20.4. The van der Waals surface area contributed by atoms with Gasteiger partial charge in [-0.15, -0.1) is 10.2 Å². The van der Waals surface area contributed by atoms with E-state index in [1.807, 2.05) is 11.5 Å². The van der Waals surface area contributed by atoms with Gasteiger partial charge in [-0.25, -0.2) is 8.78 Å². The van der Waals surface area contributed by atoms with Crippen molar-refractivity contribution in [1.82, 2.24) is 29.8 Å². The summed E-state index contributed by atoms with van der Waals surface area (Å²) in [4.78, 5) is 6.85. The maximum atomic E-state index is 14.0. The number of nitrogens with zero attached hydrogens (tertiary/aromatic N) is 6. The fourth-order valence-electron chi connectivity index (χ4n) is 4.10. The first-order valence-corrected chi connectivity index (χ1v) is 12.6. The zero-order valence-electron chi connectivity index (χ0n) is 19.6. The van der Waals surface area contributed by atoms with Gasteiger partial charge in [0.05, 0.1) is 11.8 Å². The minimum absolute atomic E-state index is 0.238. The van der Waals surface area contributed by atoms with E-state index in [0.29, 0.717) is 34.5 Å². The van der Waals surface area contributed by atoms with Gasteiger partial charge >= 0.3 is 0 Å². The molecule has 0 saturated carbocycles. The Bertz CT molecular complexity index is 1300. The van der Waals surface area contributed by atoms with Crippen molar-refractivity contribution in [3.05, 3.63) is 71.4 Å². The standard InChI is InChI=1S/C25H26F2N6OS/c1-16-6-7-18(14-21(16)27)23-28-24(34-31-23)17(2)35-25-30-29-22(15-32-12-4-3-5-13-32)33(25)20-10-8-19(26)9-11-20/h6-11,14,17H,3-5,12-13,15H2,1-2H3. The van der Waals surface area contributed by atoms with Gasteiger partial charge in [-0.2, -0.15) is 4.98 Å². The second kappa shape index (κ2) is 10.2. The predicted molar refractivity (Wildman–Crippen MR) is 129 cm³/mol. The number of hydrogen-bond donors (Lipinski definition) is 0. The van der Waals surface area contributed by atoms with E-state index in [-0.39, 0.29) is 16.9 Å². The quantitative estimate of drug-likeness (QED) is 0.302. The van der Waals surface area contributed by atoms with Crippen molar-refractivity contribution in [2.24, 2.45) is 0 Å². The normalized spacial score (nSPS) is 15.4. The van der Waals surface area contributed by atoms with Crippen LogP contribution in [0.25, 0.3) is 17.1 Å². The van der Waals surface area contributed by atoms with Gasteiger partial charge in [0.2, 0.25) is 11.7 Å². The Hall–Kier alpha value is -3.11. The number of rotatable bonds is 7. The van der Waals surface area contributed by atoms with E-state index in [1.165, 1.54) is 49.2 Å². The molecule has 0 spiro atoms. The molecule has 2 aromatic carbocycles. The van der Waals surface area contributed by atoms with E-state index < -0.39 is 0 Å². The summed E-state index contributed by atoms with van der Waals surface area (Å²) in [5.41, 5.74) is 1.90. The summed E-state index contributed by atoms with van der Waals surface area (Å²) in [7, 11) is 0. The molecule has 1 aliphatic heterocycles. The largest absolute Gasteiger partial charge is 0.338 e. The molecule has 3 heterocycles. The van der Waals surface area contributed by atoms with Gasteiger partial charge in [-0.1, -0.05) is 35.5 Å². The molecule has 1 saturated heterocycles. The molecular weight excluding hydrogens is 470 g/mol. The van der Waals surface area contributed by atoms with Gasteiger partial charge in [0.25, 0.3) is 0 Å². The lowest BCUT2D eigenvalue weighted by molar-refractivity contribution is 0.214. The topological polar surface area (TPSA) is 72.9 Å². The van der Waals surface area contributed by atoms with Crippen molar-refractivity contribution >= 4 is 11.8 Å². The molecule has 0 amide bonds. The Kier molecular flexibility index (Phi) is 6.92. The number of likely N-dealkylation sites (tertiary alicyclic amines) is 1. The van der Waals surface area contributed by atoms with Crippen LogP contribution in [0, 0.1) is 18.6 Å². The molecule has 0 bridgehead atoms. The third-order valence-corrected chi connectivity index (χ3v) is 7.13. The summed E-state index contributed by atoms with van der Waals surface area (Å²) in [5, 5.41) is 13.4. The van der Waals surface area contributed by atoms with Crippen molar-refractivity contribution in [2.75, 3.05) is 13.1 Å². The van der Waals surface area contributed by atoms with Crippen LogP contribution < -0.4 is 0 Å². The molecule has 1 atom stereocenters. The molecule has 0 N–H and O–H groups in total. The van der Waals surface area contributed by atoms with Gasteiger partial charge < -0.3 is 4.52 Å². The number of thioether (sulfide) groups is 1. The summed E-state index contributed by atoms with van der Waals surface area (Å²) < 4.78 is 35.1. The lowest BCUT2D eigenvalue weighted by Gasteiger charge is -2.26. The number of hydrogen-bond acceptors (Lipinski definition) is 7. The molecule has 4 aromatic rings. The fraction of sp³-hybridized carbons (Fsp3) is 0.360. The number of benzene rings is 2. The van der Waals surface area contributed by atoms with Crippen LogP contribution in [0.3, 0.4) is 0 Å². The van der Waals surface area contributed by atoms with Crippen molar-refractivity contribution in [2.45, 2.75) is 50.1 Å². The minimum Gasteiger partial charge on any atom is -0.338 e. The highest BCUT2D eigenvalue weighted by Crippen LogP contribution is 2.35. The fourth-order valence-corrected chi connectivity index (χ4v) is 5.02. The van der Waals surface area contributed by atoms with Crippen molar-refractivity contribution in [3.8, 4) is 17.1 Å². The van der Waals surface area contributed by atoms with Gasteiger partial charge in [-0.05, 0) is 75.7 Å². The Labute approximate surface area is 206 Å². The van der Waals surface area contributed by atoms with Crippen LogP contribution >= 0.6 is 11.8 Å². The molecule has 5 rings (SSSR count). The van der Waals surface area contributed by atoms with Crippen molar-refractivity contribution < 1.29 is 13.3 Å². The molecule has 7 nitrogen and oxygen atoms in total. The van der Waals surface area contributed by atoms with Crippen molar-refractivity contribution in [1.29, 1.82) is 0 Å². The van der Waals surface area contributed by atoms with Crippen LogP contribution in [0.5, 0.6) is 0 Å². The molecule has 10 heteroatoms. The highest BCUT2D eigenvalue weighted by molar-refractivity contribution is 7.99. The summed E-state index contributed by atoms with van der Waals surface area (Å²) in [6.07, 6.45) is 3.60. The Morgan fingerprint density at radius 2 is 1.80 bits per heavy atom. The monoisotopic (exact) mass is 496 g/mol. The zero-order chi connectivity index (χ0) is 24.4. The number of piperidine rings is 1. The third kappa shape index (κ3) is 5.28. The highest BCUT2D eigenvalue weighted by Gasteiger charge is 2.23. The molecule has 1 unspecified atom stereocenters. The van der Waals surface area contributed by atoms with Crippen LogP contribution in [0.2, 0.25) is 0 Å². The molecular formula is C25H26F2N6OS. The minimum atomic E-state index is -0.315. The van der Waals surface area contributed by atoms with E-state index in [2.05, 4.69) is 25.2 Å². The Morgan fingerprint density at radius 1 is 1.03 bits per heavy atom. The molecule has 35 heavy (non-hydrogen) atoms. The molecule has 182 valence electrons. The maximum absolute atomic E-state index is 14.0. The van der Waals surface area contributed by atoms with Crippen LogP contribution in [0.15, 0.2) is 52.1 Å². The number of aryl methyl sites for hydroxylation is 1. The second-order valence-corrected chi connectivity index (χ2v) is 10.0. The first-order chi connectivity index (χ1) is 17.0. The highest BCUT2D eigenvalue weighted by atomic mass is 32.2. The molecule has 1 aliphatic rings. The summed E-state index contributed by atoms with van der Waals surface area (Å²) in [5.74, 6) is 0.918. The van der Waals surface area contributed by atoms with Gasteiger partial charge in [0, 0.05) is 11.3 Å². The van der Waals surface area contributed by atoms with E-state index >= 15 is 0 Å².